The number of nitriles is 1. The minimum Gasteiger partial charge on any atom is -0.465 e. The summed E-state index contributed by atoms with van der Waals surface area (Å²) in [4.78, 5) is 10.7. The molecule has 72 valence electrons. The van der Waals surface area contributed by atoms with Gasteiger partial charge in [0.25, 0.3) is 6.02 Å². The van der Waals surface area contributed by atoms with Gasteiger partial charge in [0.1, 0.15) is 6.42 Å². The zero-order valence-electron chi connectivity index (χ0n) is 7.59. The molecule has 0 saturated heterocycles. The molecule has 0 fully saturated rings. The van der Waals surface area contributed by atoms with Gasteiger partial charge in [-0.05, 0) is 6.42 Å². The van der Waals surface area contributed by atoms with Gasteiger partial charge in [-0.25, -0.2) is 0 Å². The minimum atomic E-state index is -0.510. The maximum atomic E-state index is 10.7. The number of amidine groups is 1. The van der Waals surface area contributed by atoms with Crippen molar-refractivity contribution < 1.29 is 9.53 Å². The normalized spacial score (nSPS) is 8.62. The summed E-state index contributed by atoms with van der Waals surface area (Å²) in [6.45, 7) is 2.42. The first-order chi connectivity index (χ1) is 6.20. The summed E-state index contributed by atoms with van der Waals surface area (Å²) in [5.74, 6) is -0.510. The van der Waals surface area contributed by atoms with Crippen molar-refractivity contribution in [3.63, 3.8) is 0 Å². The highest BCUT2D eigenvalue weighted by molar-refractivity contribution is 5.93. The van der Waals surface area contributed by atoms with Crippen LogP contribution in [0.25, 0.3) is 0 Å². The molecule has 0 bridgehead atoms. The molecule has 13 heavy (non-hydrogen) atoms. The highest BCUT2D eigenvalue weighted by atomic mass is 16.5. The lowest BCUT2D eigenvalue weighted by Gasteiger charge is -2.05. The smallest absolute Gasteiger partial charge is 0.288 e. The van der Waals surface area contributed by atoms with Gasteiger partial charge < -0.3 is 4.74 Å². The summed E-state index contributed by atoms with van der Waals surface area (Å²) in [5, 5.41) is 17.4. The van der Waals surface area contributed by atoms with Crippen molar-refractivity contribution in [3.8, 4) is 6.07 Å². The van der Waals surface area contributed by atoms with Crippen molar-refractivity contribution in [1.29, 1.82) is 10.7 Å². The van der Waals surface area contributed by atoms with Gasteiger partial charge in [-0.2, -0.15) is 5.26 Å². The number of nitrogens with one attached hydrogen (secondary N) is 2. The molecule has 0 unspecified atom stereocenters. The molecule has 0 aliphatic rings. The Labute approximate surface area is 77.2 Å². The van der Waals surface area contributed by atoms with Crippen LogP contribution in [0, 0.1) is 16.7 Å². The monoisotopic (exact) mass is 183 g/mol. The summed E-state index contributed by atoms with van der Waals surface area (Å²) in [5.41, 5.74) is 0. The summed E-state index contributed by atoms with van der Waals surface area (Å²) in [7, 11) is 0. The molecule has 2 N–H and O–H groups in total. The Kier molecular flexibility index (Phi) is 6.24. The number of hydrogen-bond donors (Lipinski definition) is 2. The minimum absolute atomic E-state index is 0.250. The number of carbonyl (C=O) groups is 1. The van der Waals surface area contributed by atoms with E-state index in [4.69, 9.17) is 15.4 Å². The molecule has 0 radical (unpaired) electrons. The number of amides is 1. The fourth-order valence-electron chi connectivity index (χ4n) is 0.597. The fraction of sp³-hybridized carbons (Fsp3) is 0.625. The van der Waals surface area contributed by atoms with E-state index in [9.17, 15) is 4.79 Å². The average Bonchev–Trinajstić information content (AvgIpc) is 2.05. The van der Waals surface area contributed by atoms with Gasteiger partial charge in [0.05, 0.1) is 12.7 Å². The van der Waals surface area contributed by atoms with Crippen LogP contribution in [-0.2, 0) is 9.53 Å². The second kappa shape index (κ2) is 7.10. The molecule has 0 spiro atoms. The van der Waals surface area contributed by atoms with Crippen molar-refractivity contribution in [1.82, 2.24) is 5.32 Å². The third kappa shape index (κ3) is 6.81. The Morgan fingerprint density at radius 2 is 2.38 bits per heavy atom. The summed E-state index contributed by atoms with van der Waals surface area (Å²) >= 11 is 0. The molecule has 0 saturated carbocycles. The van der Waals surface area contributed by atoms with E-state index in [-0.39, 0.29) is 12.4 Å². The van der Waals surface area contributed by atoms with Crippen LogP contribution in [0.2, 0.25) is 0 Å². The maximum absolute atomic E-state index is 10.7. The van der Waals surface area contributed by atoms with Crippen molar-refractivity contribution in [2.45, 2.75) is 26.2 Å². The zero-order valence-corrected chi connectivity index (χ0v) is 7.59. The standard InChI is InChI=1S/C8H13N3O2/c1-2-3-6-13-8(10)11-7(12)4-5-9/h2-4,6H2,1H3,(H2,10,11,12). The Morgan fingerprint density at radius 3 is 2.92 bits per heavy atom. The molecule has 0 rings (SSSR count). The quantitative estimate of drug-likeness (QED) is 0.383. The molecule has 0 atom stereocenters. The van der Waals surface area contributed by atoms with E-state index in [1.165, 1.54) is 0 Å². The predicted octanol–water partition coefficient (Wildman–Crippen LogP) is 0.768. The number of rotatable bonds is 4. The van der Waals surface area contributed by atoms with Gasteiger partial charge in [-0.1, -0.05) is 13.3 Å². The number of hydrogen-bond acceptors (Lipinski definition) is 4. The van der Waals surface area contributed by atoms with Crippen LogP contribution < -0.4 is 5.32 Å². The molecule has 0 aliphatic heterocycles. The van der Waals surface area contributed by atoms with Gasteiger partial charge in [-0.15, -0.1) is 0 Å². The van der Waals surface area contributed by atoms with Crippen molar-refractivity contribution in [3.05, 3.63) is 0 Å². The van der Waals surface area contributed by atoms with Gasteiger partial charge in [-0.3, -0.25) is 15.5 Å². The van der Waals surface area contributed by atoms with E-state index in [2.05, 4.69) is 5.32 Å². The number of carbonyl (C=O) groups excluding carboxylic acids is 1. The molecule has 0 heterocycles. The zero-order chi connectivity index (χ0) is 10.1. The lowest BCUT2D eigenvalue weighted by molar-refractivity contribution is -0.119. The van der Waals surface area contributed by atoms with Crippen LogP contribution in [0.1, 0.15) is 26.2 Å². The largest absolute Gasteiger partial charge is 0.465 e. The van der Waals surface area contributed by atoms with Crippen LogP contribution >= 0.6 is 0 Å². The number of ether oxygens (including phenoxy) is 1. The van der Waals surface area contributed by atoms with Crippen molar-refractivity contribution in [2.24, 2.45) is 0 Å². The summed E-state index contributed by atoms with van der Waals surface area (Å²) < 4.78 is 4.84. The predicted molar refractivity (Wildman–Crippen MR) is 47.0 cm³/mol. The van der Waals surface area contributed by atoms with E-state index >= 15 is 0 Å². The van der Waals surface area contributed by atoms with Crippen LogP contribution in [0.5, 0.6) is 0 Å². The van der Waals surface area contributed by atoms with Gasteiger partial charge in [0, 0.05) is 0 Å². The maximum Gasteiger partial charge on any atom is 0.288 e. The first kappa shape index (κ1) is 11.4. The SMILES string of the molecule is CCCCOC(=N)NC(=O)CC#N. The highest BCUT2D eigenvalue weighted by Crippen LogP contribution is 1.87. The van der Waals surface area contributed by atoms with E-state index in [0.717, 1.165) is 12.8 Å². The molecule has 1 amide bonds. The van der Waals surface area contributed by atoms with Crippen molar-refractivity contribution in [2.75, 3.05) is 6.61 Å². The van der Waals surface area contributed by atoms with Gasteiger partial charge in [0.2, 0.25) is 5.91 Å². The molecule has 0 aromatic carbocycles. The Balaban J connectivity index is 3.51. The lowest BCUT2D eigenvalue weighted by Crippen LogP contribution is -2.31. The second-order valence-electron chi connectivity index (χ2n) is 2.41. The van der Waals surface area contributed by atoms with Gasteiger partial charge >= 0.3 is 0 Å². The lowest BCUT2D eigenvalue weighted by atomic mass is 10.4. The van der Waals surface area contributed by atoms with Crippen LogP contribution in [-0.4, -0.2) is 18.5 Å². The molecule has 5 heteroatoms. The second-order valence-corrected chi connectivity index (χ2v) is 2.41. The Morgan fingerprint density at radius 1 is 1.69 bits per heavy atom. The molecular formula is C8H13N3O2. The first-order valence-corrected chi connectivity index (χ1v) is 4.08. The number of unbranched alkanes of at least 4 members (excludes halogenated alkanes) is 1. The molecule has 0 aliphatic carbocycles. The summed E-state index contributed by atoms with van der Waals surface area (Å²) in [6.07, 6.45) is 1.56. The topological polar surface area (TPSA) is 86.0 Å². The average molecular weight is 183 g/mol. The van der Waals surface area contributed by atoms with Crippen molar-refractivity contribution >= 4 is 11.9 Å². The van der Waals surface area contributed by atoms with E-state index < -0.39 is 5.91 Å². The summed E-state index contributed by atoms with van der Waals surface area (Å²) in [6, 6.07) is 1.39. The van der Waals surface area contributed by atoms with E-state index in [1.54, 1.807) is 6.07 Å². The molecule has 0 aromatic rings. The Hall–Kier alpha value is -1.57. The fourth-order valence-corrected chi connectivity index (χ4v) is 0.597. The highest BCUT2D eigenvalue weighted by Gasteiger charge is 2.03. The number of nitrogens with zero attached hydrogens (tertiary/aromatic N) is 1. The van der Waals surface area contributed by atoms with E-state index in [1.807, 2.05) is 6.92 Å². The molecule has 5 nitrogen and oxygen atoms in total. The van der Waals surface area contributed by atoms with E-state index in [0.29, 0.717) is 6.61 Å². The third-order valence-electron chi connectivity index (χ3n) is 1.24. The first-order valence-electron chi connectivity index (χ1n) is 4.08. The third-order valence-corrected chi connectivity index (χ3v) is 1.24. The van der Waals surface area contributed by atoms with Crippen LogP contribution in [0.4, 0.5) is 0 Å². The molecule has 0 aromatic heterocycles. The van der Waals surface area contributed by atoms with Crippen LogP contribution in [0.3, 0.4) is 0 Å². The molecular weight excluding hydrogens is 170 g/mol. The van der Waals surface area contributed by atoms with Gasteiger partial charge in [0.15, 0.2) is 0 Å². The Bertz CT molecular complexity index is 220. The van der Waals surface area contributed by atoms with Crippen LogP contribution in [0.15, 0.2) is 0 Å².